The van der Waals surface area contributed by atoms with Gasteiger partial charge in [-0.3, -0.25) is 13.8 Å². The van der Waals surface area contributed by atoms with Gasteiger partial charge in [0, 0.05) is 36.3 Å². The molecule has 3 aromatic heterocycles. The van der Waals surface area contributed by atoms with E-state index in [4.69, 9.17) is 9.84 Å². The Bertz CT molecular complexity index is 2030. The van der Waals surface area contributed by atoms with Gasteiger partial charge in [-0.15, -0.1) is 0 Å². The Hall–Kier alpha value is -4.67. The van der Waals surface area contributed by atoms with Crippen molar-refractivity contribution in [1.29, 1.82) is 0 Å². The van der Waals surface area contributed by atoms with Crippen LogP contribution in [0.25, 0.3) is 28.1 Å². The third kappa shape index (κ3) is 4.76. The number of fused-ring (bicyclic) bond motifs is 2. The zero-order chi connectivity index (χ0) is 31.9. The highest BCUT2D eigenvalue weighted by Crippen LogP contribution is 2.39. The summed E-state index contributed by atoms with van der Waals surface area (Å²) in [5.41, 5.74) is 4.98. The summed E-state index contributed by atoms with van der Waals surface area (Å²) in [4.78, 5) is 29.3. The number of imidazole rings is 1. The maximum atomic E-state index is 14.7. The lowest BCUT2D eigenvalue weighted by Crippen LogP contribution is -2.42. The third-order valence-electron chi connectivity index (χ3n) is 8.92. The van der Waals surface area contributed by atoms with Crippen LogP contribution in [0.5, 0.6) is 0 Å². The van der Waals surface area contributed by atoms with E-state index in [1.807, 2.05) is 52.9 Å². The quantitative estimate of drug-likeness (QED) is 0.234. The van der Waals surface area contributed by atoms with Gasteiger partial charge >= 0.3 is 11.8 Å². The van der Waals surface area contributed by atoms with Crippen molar-refractivity contribution in [1.82, 2.24) is 33.6 Å². The maximum absolute atomic E-state index is 14.7. The smallest absolute Gasteiger partial charge is 0.410 e. The van der Waals surface area contributed by atoms with Gasteiger partial charge in [-0.1, -0.05) is 0 Å². The Morgan fingerprint density at radius 3 is 2.40 bits per heavy atom. The number of benzene rings is 2. The minimum absolute atomic E-state index is 0.277. The number of halogens is 1. The van der Waals surface area contributed by atoms with Crippen LogP contribution < -0.4 is 5.69 Å². The Balaban J connectivity index is 1.39. The molecule has 0 spiro atoms. The minimum Gasteiger partial charge on any atom is -0.444 e. The van der Waals surface area contributed by atoms with E-state index in [2.05, 4.69) is 9.78 Å². The molecule has 10 nitrogen and oxygen atoms in total. The maximum Gasteiger partial charge on any atom is 0.410 e. The summed E-state index contributed by atoms with van der Waals surface area (Å²) in [6, 6.07) is 7.48. The molecule has 1 aliphatic carbocycles. The lowest BCUT2D eigenvalue weighted by molar-refractivity contribution is 0.0159. The van der Waals surface area contributed by atoms with Crippen LogP contribution in [-0.4, -0.2) is 51.8 Å². The van der Waals surface area contributed by atoms with E-state index in [1.54, 1.807) is 57.1 Å². The van der Waals surface area contributed by atoms with Crippen LogP contribution in [0.2, 0.25) is 0 Å². The van der Waals surface area contributed by atoms with Gasteiger partial charge in [0.1, 0.15) is 17.2 Å². The first-order valence-corrected chi connectivity index (χ1v) is 15.5. The molecule has 0 bridgehead atoms. The number of hydrogen-bond acceptors (Lipinski definition) is 5. The molecule has 11 heteroatoms. The summed E-state index contributed by atoms with van der Waals surface area (Å²) in [5, 5.41) is 10.6. The molecule has 1 amide bonds. The fourth-order valence-corrected chi connectivity index (χ4v) is 6.52. The first-order valence-electron chi connectivity index (χ1n) is 15.5. The number of hydrogen-bond donors (Lipinski definition) is 0. The van der Waals surface area contributed by atoms with E-state index in [9.17, 15) is 14.0 Å². The largest absolute Gasteiger partial charge is 0.444 e. The van der Waals surface area contributed by atoms with Crippen LogP contribution >= 0.6 is 0 Å². The molecule has 2 aliphatic rings. The first kappa shape index (κ1) is 29.1. The highest BCUT2D eigenvalue weighted by molar-refractivity contribution is 5.85. The Kier molecular flexibility index (Phi) is 6.58. The number of rotatable bonds is 4. The van der Waals surface area contributed by atoms with Crippen LogP contribution in [0.1, 0.15) is 80.6 Å². The van der Waals surface area contributed by atoms with Crippen molar-refractivity contribution in [3.05, 3.63) is 87.1 Å². The molecule has 234 valence electrons. The Labute approximate surface area is 260 Å². The molecular formula is C34H38FN7O3. The molecular weight excluding hydrogens is 573 g/mol. The molecule has 1 saturated carbocycles. The predicted octanol–water partition coefficient (Wildman–Crippen LogP) is 6.42. The lowest BCUT2D eigenvalue weighted by atomic mass is 10.00. The number of aromatic nitrogens is 6. The van der Waals surface area contributed by atoms with Crippen LogP contribution in [0.4, 0.5) is 9.18 Å². The fraction of sp³-hybridized carbons (Fsp3) is 0.412. The van der Waals surface area contributed by atoms with Gasteiger partial charge < -0.3 is 9.64 Å². The lowest BCUT2D eigenvalue weighted by Gasteiger charge is -2.34. The van der Waals surface area contributed by atoms with Crippen molar-refractivity contribution in [3.63, 3.8) is 0 Å². The summed E-state index contributed by atoms with van der Waals surface area (Å²) in [5.74, 6) is 0.237. The fourth-order valence-electron chi connectivity index (χ4n) is 6.52. The van der Waals surface area contributed by atoms with Gasteiger partial charge in [0.25, 0.3) is 0 Å². The Morgan fingerprint density at radius 2 is 1.73 bits per heavy atom. The second kappa shape index (κ2) is 10.2. The number of carbonyl (C=O) groups is 1. The van der Waals surface area contributed by atoms with E-state index in [-0.39, 0.29) is 11.5 Å². The molecule has 0 saturated heterocycles. The molecule has 4 heterocycles. The molecule has 45 heavy (non-hydrogen) atoms. The number of carbonyl (C=O) groups excluding carboxylic acids is 1. The van der Waals surface area contributed by atoms with Crippen molar-refractivity contribution in [2.45, 2.75) is 85.4 Å². The zero-order valence-electron chi connectivity index (χ0n) is 26.8. The molecule has 1 fully saturated rings. The van der Waals surface area contributed by atoms with Gasteiger partial charge in [-0.2, -0.15) is 10.2 Å². The van der Waals surface area contributed by atoms with Gasteiger partial charge in [0.2, 0.25) is 0 Å². The highest BCUT2D eigenvalue weighted by Gasteiger charge is 2.37. The number of nitrogens with zero attached hydrogens (tertiary/aromatic N) is 7. The molecule has 1 atom stereocenters. The second-order valence-corrected chi connectivity index (χ2v) is 13.4. The van der Waals surface area contributed by atoms with Crippen molar-refractivity contribution in [3.8, 4) is 17.2 Å². The van der Waals surface area contributed by atoms with Crippen molar-refractivity contribution in [2.75, 3.05) is 6.54 Å². The molecule has 5 aromatic rings. The van der Waals surface area contributed by atoms with Gasteiger partial charge in [0.15, 0.2) is 0 Å². The van der Waals surface area contributed by atoms with E-state index >= 15 is 0 Å². The minimum atomic E-state index is -0.657. The Morgan fingerprint density at radius 1 is 1.04 bits per heavy atom. The average molecular weight is 612 g/mol. The van der Waals surface area contributed by atoms with E-state index in [0.29, 0.717) is 41.6 Å². The number of ether oxygens (including phenoxy) is 1. The van der Waals surface area contributed by atoms with Crippen molar-refractivity contribution >= 4 is 17.0 Å². The van der Waals surface area contributed by atoms with Crippen molar-refractivity contribution < 1.29 is 13.9 Å². The van der Waals surface area contributed by atoms with Crippen LogP contribution in [0.15, 0.2) is 47.7 Å². The second-order valence-electron chi connectivity index (χ2n) is 13.4. The summed E-state index contributed by atoms with van der Waals surface area (Å²) in [6.07, 6.45) is 7.69. The topological polar surface area (TPSA) is 92.1 Å². The molecule has 7 rings (SSSR count). The summed E-state index contributed by atoms with van der Waals surface area (Å²) < 4.78 is 27.4. The molecule has 0 N–H and O–H groups in total. The van der Waals surface area contributed by atoms with Crippen molar-refractivity contribution in [2.24, 2.45) is 0 Å². The standard InChI is InChI=1S/C34H38FN7O3/c1-19-16-24(17-20(2)30(19)35)42-31(29-22(4)38(13-12-26(29)37-42)33(44)45-34(5,6)7)40-15-14-39(32(40)43)27-10-11-28-25(21(27)3)18-36-41(28)23-8-9-23/h10-11,14-18,22-23H,8-9,12-13H2,1-7H3/t22-/m0/s1. The van der Waals surface area contributed by atoms with Gasteiger partial charge in [-0.25, -0.2) is 18.7 Å². The number of amides is 1. The summed E-state index contributed by atoms with van der Waals surface area (Å²) in [7, 11) is 0. The van der Waals surface area contributed by atoms with Gasteiger partial charge in [0.05, 0.1) is 40.9 Å². The molecule has 0 radical (unpaired) electrons. The van der Waals surface area contributed by atoms with E-state index < -0.39 is 17.7 Å². The third-order valence-corrected chi connectivity index (χ3v) is 8.92. The molecule has 0 unspecified atom stereocenters. The average Bonchev–Trinajstić information content (AvgIpc) is 3.43. The summed E-state index contributed by atoms with van der Waals surface area (Å²) in [6.45, 7) is 13.3. The van der Waals surface area contributed by atoms with Gasteiger partial charge in [-0.05, 0) is 102 Å². The highest BCUT2D eigenvalue weighted by atomic mass is 19.1. The van der Waals surface area contributed by atoms with Crippen LogP contribution in [-0.2, 0) is 11.2 Å². The monoisotopic (exact) mass is 611 g/mol. The van der Waals surface area contributed by atoms with Crippen LogP contribution in [0.3, 0.4) is 0 Å². The van der Waals surface area contributed by atoms with Crippen LogP contribution in [0, 0.1) is 26.6 Å². The van der Waals surface area contributed by atoms with E-state index in [0.717, 1.165) is 46.3 Å². The zero-order valence-corrected chi connectivity index (χ0v) is 26.8. The molecule has 2 aromatic carbocycles. The molecule has 1 aliphatic heterocycles. The normalized spacial score (nSPS) is 16.8. The summed E-state index contributed by atoms with van der Waals surface area (Å²) >= 11 is 0. The predicted molar refractivity (Wildman–Crippen MR) is 169 cm³/mol. The van der Waals surface area contributed by atoms with E-state index in [1.165, 1.54) is 0 Å². The number of aryl methyl sites for hydroxylation is 3. The first-order chi connectivity index (χ1) is 21.3. The SMILES string of the molecule is Cc1cc(-n2nc3c(c2-n2ccn(-c4ccc5c(cnn5C5CC5)c4C)c2=O)[C@H](C)N(C(=O)OC(C)(C)C)CC3)cc(C)c1F.